The summed E-state index contributed by atoms with van der Waals surface area (Å²) in [5.41, 5.74) is 2.07. The number of rotatable bonds is 2. The van der Waals surface area contributed by atoms with Gasteiger partial charge in [0.05, 0.1) is 17.9 Å². The third kappa shape index (κ3) is 2.68. The smallest absolute Gasteiger partial charge is 0.276 e. The van der Waals surface area contributed by atoms with E-state index < -0.39 is 0 Å². The van der Waals surface area contributed by atoms with Crippen LogP contribution in [0.4, 0.5) is 0 Å². The molecule has 3 rings (SSSR count). The third-order valence-corrected chi connectivity index (χ3v) is 3.70. The van der Waals surface area contributed by atoms with Crippen molar-refractivity contribution in [1.29, 1.82) is 0 Å². The van der Waals surface area contributed by atoms with Crippen LogP contribution in [0.25, 0.3) is 5.69 Å². The molecule has 21 heavy (non-hydrogen) atoms. The summed E-state index contributed by atoms with van der Waals surface area (Å²) in [5, 5.41) is 8.72. The lowest BCUT2D eigenvalue weighted by Crippen LogP contribution is -2.29. The van der Waals surface area contributed by atoms with E-state index >= 15 is 0 Å². The van der Waals surface area contributed by atoms with Crippen molar-refractivity contribution in [2.45, 2.75) is 27.2 Å². The van der Waals surface area contributed by atoms with Crippen molar-refractivity contribution in [3.8, 4) is 5.69 Å². The second-order valence-electron chi connectivity index (χ2n) is 6.24. The Labute approximate surface area is 124 Å². The molecule has 0 aliphatic carbocycles. The highest BCUT2D eigenvalue weighted by molar-refractivity contribution is 5.94. The lowest BCUT2D eigenvalue weighted by molar-refractivity contribution is 0.0797. The van der Waals surface area contributed by atoms with E-state index in [0.29, 0.717) is 11.4 Å². The summed E-state index contributed by atoms with van der Waals surface area (Å²) in [7, 11) is 0. The fourth-order valence-electron chi connectivity index (χ4n) is 2.49. The molecule has 2 aromatic rings. The van der Waals surface area contributed by atoms with Gasteiger partial charge in [-0.15, -0.1) is 5.10 Å². The number of nitrogens with zero attached hydrogens (tertiary/aromatic N) is 4. The highest BCUT2D eigenvalue weighted by Gasteiger charge is 2.34. The molecule has 5 nitrogen and oxygen atoms in total. The lowest BCUT2D eigenvalue weighted by atomic mass is 9.93. The van der Waals surface area contributed by atoms with Crippen LogP contribution in [-0.2, 0) is 0 Å². The Balaban J connectivity index is 1.87. The Bertz CT molecular complexity index is 660. The van der Waals surface area contributed by atoms with Crippen molar-refractivity contribution >= 4 is 5.91 Å². The van der Waals surface area contributed by atoms with Crippen molar-refractivity contribution in [3.05, 3.63) is 48.3 Å². The molecular weight excluding hydrogens is 264 g/mol. The minimum absolute atomic E-state index is 0.0692. The van der Waals surface area contributed by atoms with Crippen LogP contribution in [0.15, 0.2) is 30.3 Å². The molecule has 0 atom stereocenters. The summed E-state index contributed by atoms with van der Waals surface area (Å²) < 4.78 is 0. The van der Waals surface area contributed by atoms with Crippen LogP contribution in [0.2, 0.25) is 0 Å². The number of likely N-dealkylation sites (tertiary alicyclic amines) is 1. The van der Waals surface area contributed by atoms with Crippen LogP contribution >= 0.6 is 0 Å². The fraction of sp³-hybridized carbons (Fsp3) is 0.375. The number of benzene rings is 1. The second-order valence-corrected chi connectivity index (χ2v) is 6.24. The van der Waals surface area contributed by atoms with E-state index in [2.05, 4.69) is 24.0 Å². The Morgan fingerprint density at radius 2 is 1.90 bits per heavy atom. The minimum Gasteiger partial charge on any atom is -0.332 e. The molecule has 1 aliphatic rings. The number of carbonyl (C=O) groups is 1. The molecule has 1 aromatic carbocycles. The molecule has 1 saturated heterocycles. The molecule has 1 radical (unpaired) electrons. The average molecular weight is 283 g/mol. The van der Waals surface area contributed by atoms with Gasteiger partial charge in [-0.05, 0) is 30.9 Å². The molecule has 1 aliphatic heterocycles. The van der Waals surface area contributed by atoms with Gasteiger partial charge in [-0.2, -0.15) is 9.90 Å². The van der Waals surface area contributed by atoms with E-state index in [0.717, 1.165) is 18.7 Å². The molecule has 0 saturated carbocycles. The summed E-state index contributed by atoms with van der Waals surface area (Å²) >= 11 is 0. The first-order valence-electron chi connectivity index (χ1n) is 7.10. The Hall–Kier alpha value is -2.17. The first-order chi connectivity index (χ1) is 9.96. The quantitative estimate of drug-likeness (QED) is 0.851. The molecule has 2 heterocycles. The molecule has 1 amide bonds. The zero-order valence-electron chi connectivity index (χ0n) is 12.6. The van der Waals surface area contributed by atoms with Gasteiger partial charge in [-0.25, -0.2) is 0 Å². The van der Waals surface area contributed by atoms with Crippen LogP contribution in [-0.4, -0.2) is 32.3 Å². The standard InChI is InChI=1S/C16H19N4O/c1-12-14(15(21)19-10-9-16(2,3)11-19)18-20(17-12)13-7-5-4-6-8-13/h4-8,10H,9,11H2,1-3H3. The van der Waals surface area contributed by atoms with E-state index in [-0.39, 0.29) is 11.3 Å². The number of aromatic nitrogens is 3. The Morgan fingerprint density at radius 1 is 1.19 bits per heavy atom. The molecule has 109 valence electrons. The van der Waals surface area contributed by atoms with Crippen LogP contribution in [0, 0.1) is 18.9 Å². The van der Waals surface area contributed by atoms with Gasteiger partial charge >= 0.3 is 0 Å². The minimum atomic E-state index is -0.0692. The fourth-order valence-corrected chi connectivity index (χ4v) is 2.49. The van der Waals surface area contributed by atoms with Crippen LogP contribution in [0.5, 0.6) is 0 Å². The largest absolute Gasteiger partial charge is 0.332 e. The van der Waals surface area contributed by atoms with Crippen molar-refractivity contribution in [1.82, 2.24) is 19.9 Å². The van der Waals surface area contributed by atoms with Gasteiger partial charge in [-0.1, -0.05) is 32.0 Å². The summed E-state index contributed by atoms with van der Waals surface area (Å²) in [4.78, 5) is 15.9. The third-order valence-electron chi connectivity index (χ3n) is 3.70. The topological polar surface area (TPSA) is 51.0 Å². The monoisotopic (exact) mass is 283 g/mol. The van der Waals surface area contributed by atoms with E-state index in [1.807, 2.05) is 43.8 Å². The molecule has 5 heteroatoms. The van der Waals surface area contributed by atoms with E-state index in [1.54, 1.807) is 4.90 Å². The maximum atomic E-state index is 12.6. The summed E-state index contributed by atoms with van der Waals surface area (Å²) in [5.74, 6) is -0.0692. The van der Waals surface area contributed by atoms with Gasteiger partial charge < -0.3 is 4.90 Å². The van der Waals surface area contributed by atoms with Crippen molar-refractivity contribution < 1.29 is 4.79 Å². The molecule has 1 aromatic heterocycles. The van der Waals surface area contributed by atoms with E-state index in [4.69, 9.17) is 0 Å². The van der Waals surface area contributed by atoms with Gasteiger partial charge in [0.25, 0.3) is 5.91 Å². The van der Waals surface area contributed by atoms with Crippen LogP contribution < -0.4 is 0 Å². The Morgan fingerprint density at radius 3 is 2.52 bits per heavy atom. The number of aryl methyl sites for hydroxylation is 1. The zero-order valence-corrected chi connectivity index (χ0v) is 12.6. The van der Waals surface area contributed by atoms with Crippen molar-refractivity contribution in [2.24, 2.45) is 5.41 Å². The molecule has 0 unspecified atom stereocenters. The zero-order chi connectivity index (χ0) is 15.0. The van der Waals surface area contributed by atoms with Gasteiger partial charge in [0.2, 0.25) is 0 Å². The number of amides is 1. The number of hydrogen-bond donors (Lipinski definition) is 0. The highest BCUT2D eigenvalue weighted by atomic mass is 16.2. The first-order valence-corrected chi connectivity index (χ1v) is 7.10. The molecular formula is C16H19N4O. The number of hydrogen-bond acceptors (Lipinski definition) is 3. The summed E-state index contributed by atoms with van der Waals surface area (Å²) in [6.45, 7) is 8.82. The molecule has 0 spiro atoms. The van der Waals surface area contributed by atoms with Gasteiger partial charge in [0.1, 0.15) is 0 Å². The van der Waals surface area contributed by atoms with Crippen molar-refractivity contribution in [3.63, 3.8) is 0 Å². The summed E-state index contributed by atoms with van der Waals surface area (Å²) in [6.07, 6.45) is 0.907. The first kappa shape index (κ1) is 13.8. The predicted octanol–water partition coefficient (Wildman–Crippen LogP) is 2.61. The molecule has 0 bridgehead atoms. The maximum absolute atomic E-state index is 12.6. The summed E-state index contributed by atoms with van der Waals surface area (Å²) in [6, 6.07) is 9.61. The van der Waals surface area contributed by atoms with Gasteiger partial charge in [0.15, 0.2) is 5.69 Å². The normalized spacial score (nSPS) is 17.2. The number of para-hydroxylation sites is 1. The molecule has 1 fully saturated rings. The average Bonchev–Trinajstić information content (AvgIpc) is 3.02. The maximum Gasteiger partial charge on any atom is 0.276 e. The van der Waals surface area contributed by atoms with Crippen LogP contribution in [0.1, 0.15) is 36.5 Å². The highest BCUT2D eigenvalue weighted by Crippen LogP contribution is 2.32. The van der Waals surface area contributed by atoms with Gasteiger partial charge in [0, 0.05) is 6.54 Å². The lowest BCUT2D eigenvalue weighted by Gasteiger charge is -2.18. The van der Waals surface area contributed by atoms with Crippen molar-refractivity contribution in [2.75, 3.05) is 6.54 Å². The SMILES string of the molecule is Cc1nn(-c2ccccc2)nc1C(=O)N1[CH]CC(C)(C)C1. The van der Waals surface area contributed by atoms with E-state index in [9.17, 15) is 4.79 Å². The van der Waals surface area contributed by atoms with Gasteiger partial charge in [-0.3, -0.25) is 4.79 Å². The predicted molar refractivity (Wildman–Crippen MR) is 79.8 cm³/mol. The van der Waals surface area contributed by atoms with E-state index in [1.165, 1.54) is 4.80 Å². The number of carbonyl (C=O) groups excluding carboxylic acids is 1. The van der Waals surface area contributed by atoms with Crippen LogP contribution in [0.3, 0.4) is 0 Å². The molecule has 0 N–H and O–H groups in total. The second kappa shape index (κ2) is 4.98. The Kier molecular flexibility index (Phi) is 3.27.